The second kappa shape index (κ2) is 10.2. The number of non-ortho nitro benzene ring substituents is 1. The molecule has 0 saturated carbocycles. The largest absolute Gasteiger partial charge is 0.387 e. The van der Waals surface area contributed by atoms with E-state index in [4.69, 9.17) is 8.73 Å². The molecule has 33 heavy (non-hydrogen) atoms. The Hall–Kier alpha value is -3.81. The quantitative estimate of drug-likeness (QED) is 0.242. The Labute approximate surface area is 193 Å². The summed E-state index contributed by atoms with van der Waals surface area (Å²) in [5.41, 5.74) is 2.11. The lowest BCUT2D eigenvalue weighted by Gasteiger charge is -2.21. The number of nitro groups is 1. The molecule has 0 saturated heterocycles. The van der Waals surface area contributed by atoms with Crippen LogP contribution in [0.15, 0.2) is 129 Å². The van der Waals surface area contributed by atoms with Gasteiger partial charge >= 0.3 is 0 Å². The Balaban J connectivity index is 1.90. The van der Waals surface area contributed by atoms with Crippen LogP contribution in [0.25, 0.3) is 0 Å². The van der Waals surface area contributed by atoms with E-state index in [9.17, 15) is 15.2 Å². The van der Waals surface area contributed by atoms with E-state index in [1.54, 1.807) is 12.1 Å². The fraction of sp³-hybridized carbons (Fsp3) is 0.0769. The van der Waals surface area contributed by atoms with Gasteiger partial charge in [-0.25, -0.2) is 8.73 Å². The van der Waals surface area contributed by atoms with Crippen molar-refractivity contribution in [1.29, 1.82) is 0 Å². The average molecular weight is 458 g/mol. The van der Waals surface area contributed by atoms with E-state index >= 15 is 0 Å². The number of aliphatic hydroxyl groups excluding tert-OH is 1. The maximum absolute atomic E-state index is 11.2. The molecule has 0 aliphatic heterocycles. The van der Waals surface area contributed by atoms with Crippen molar-refractivity contribution in [3.63, 3.8) is 0 Å². The number of hydrogen-bond acceptors (Lipinski definition) is 5. The molecule has 0 heterocycles. The van der Waals surface area contributed by atoms with Gasteiger partial charge in [0.1, 0.15) is 0 Å². The second-order valence-corrected chi connectivity index (χ2v) is 9.87. The van der Waals surface area contributed by atoms with Crippen molar-refractivity contribution in [3.05, 3.63) is 131 Å². The molecule has 0 bridgehead atoms. The summed E-state index contributed by atoms with van der Waals surface area (Å²) in [6, 6.07) is 35.0. The van der Waals surface area contributed by atoms with Crippen LogP contribution in [0.1, 0.15) is 11.7 Å². The molecular formula is C26H23N3O3S. The van der Waals surface area contributed by atoms with Crippen molar-refractivity contribution >= 4 is 26.7 Å². The maximum Gasteiger partial charge on any atom is 0.269 e. The molecule has 0 amide bonds. The maximum atomic E-state index is 11.2. The first-order chi connectivity index (χ1) is 16.1. The van der Waals surface area contributed by atoms with Crippen molar-refractivity contribution < 1.29 is 10.0 Å². The van der Waals surface area contributed by atoms with Gasteiger partial charge in [-0.1, -0.05) is 54.6 Å². The standard InChI is InChI=1S/C26H23N3O3S/c30-26(21-16-18-24(19-17-21)29(31)32)20-33(25-14-8-3-9-15-25,27-22-10-4-1-5-11-22)28-23-12-6-2-7-13-23/h1-19,26,30H,20H2. The molecule has 6 nitrogen and oxygen atoms in total. The van der Waals surface area contributed by atoms with E-state index in [1.807, 2.05) is 91.0 Å². The predicted molar refractivity (Wildman–Crippen MR) is 132 cm³/mol. The topological polar surface area (TPSA) is 88.1 Å². The van der Waals surface area contributed by atoms with Crippen LogP contribution in [0.2, 0.25) is 0 Å². The number of hydrogen-bond donors (Lipinski definition) is 1. The molecule has 4 aromatic carbocycles. The van der Waals surface area contributed by atoms with E-state index in [2.05, 4.69) is 0 Å². The van der Waals surface area contributed by atoms with Crippen molar-refractivity contribution in [3.8, 4) is 0 Å². The summed E-state index contributed by atoms with van der Waals surface area (Å²) in [4.78, 5) is 11.5. The number of nitrogens with zero attached hydrogens (tertiary/aromatic N) is 3. The summed E-state index contributed by atoms with van der Waals surface area (Å²) in [6.45, 7) is 0. The van der Waals surface area contributed by atoms with Crippen molar-refractivity contribution in [2.24, 2.45) is 8.73 Å². The SMILES string of the molecule is O=[N+]([O-])c1ccc(C(O)CS(=Nc2ccccc2)(=Nc2ccccc2)c2ccccc2)cc1. The summed E-state index contributed by atoms with van der Waals surface area (Å²) in [5, 5.41) is 22.3. The van der Waals surface area contributed by atoms with Crippen molar-refractivity contribution in [2.75, 3.05) is 5.75 Å². The highest BCUT2D eigenvalue weighted by molar-refractivity contribution is 7.96. The van der Waals surface area contributed by atoms with Gasteiger partial charge in [-0.05, 0) is 63.7 Å². The molecule has 0 radical (unpaired) electrons. The lowest BCUT2D eigenvalue weighted by atomic mass is 10.1. The summed E-state index contributed by atoms with van der Waals surface area (Å²) >= 11 is 0. The zero-order valence-electron chi connectivity index (χ0n) is 17.8. The Morgan fingerprint density at radius 3 is 1.64 bits per heavy atom. The van der Waals surface area contributed by atoms with Gasteiger partial charge in [0.25, 0.3) is 5.69 Å². The van der Waals surface area contributed by atoms with Crippen LogP contribution in [-0.2, 0) is 9.62 Å². The highest BCUT2D eigenvalue weighted by atomic mass is 32.2. The molecule has 0 aliphatic carbocycles. The monoisotopic (exact) mass is 457 g/mol. The lowest BCUT2D eigenvalue weighted by Crippen LogP contribution is -2.14. The van der Waals surface area contributed by atoms with Crippen LogP contribution >= 0.6 is 0 Å². The molecule has 1 atom stereocenters. The fourth-order valence-electron chi connectivity index (χ4n) is 3.40. The van der Waals surface area contributed by atoms with Gasteiger partial charge in [-0.3, -0.25) is 10.1 Å². The molecule has 0 aromatic heterocycles. The molecule has 1 N–H and O–H groups in total. The van der Waals surface area contributed by atoms with Crippen molar-refractivity contribution in [2.45, 2.75) is 11.0 Å². The molecular weight excluding hydrogens is 434 g/mol. The number of nitro benzene ring substituents is 1. The van der Waals surface area contributed by atoms with Crippen LogP contribution in [-0.4, -0.2) is 15.8 Å². The molecule has 0 fully saturated rings. The molecule has 4 aromatic rings. The summed E-state index contributed by atoms with van der Waals surface area (Å²) in [6.07, 6.45) is -0.916. The smallest absolute Gasteiger partial charge is 0.269 e. The zero-order valence-corrected chi connectivity index (χ0v) is 18.6. The summed E-state index contributed by atoms with van der Waals surface area (Å²) in [5.74, 6) is 0.235. The first kappa shape index (κ1) is 22.4. The zero-order chi connectivity index (χ0) is 23.1. The summed E-state index contributed by atoms with van der Waals surface area (Å²) < 4.78 is 10.2. The molecule has 166 valence electrons. The third-order valence-corrected chi connectivity index (χ3v) is 7.86. The van der Waals surface area contributed by atoms with Gasteiger partial charge in [-0.2, -0.15) is 0 Å². The van der Waals surface area contributed by atoms with Gasteiger partial charge in [0.05, 0.1) is 22.4 Å². The first-order valence-electron chi connectivity index (χ1n) is 10.4. The third-order valence-electron chi connectivity index (χ3n) is 5.02. The third kappa shape index (κ3) is 5.52. The number of benzene rings is 4. The predicted octanol–water partition coefficient (Wildman–Crippen LogP) is 6.87. The summed E-state index contributed by atoms with van der Waals surface area (Å²) in [7, 11) is -2.29. The fourth-order valence-corrected chi connectivity index (χ4v) is 6.16. The minimum absolute atomic E-state index is 0.0180. The van der Waals surface area contributed by atoms with Crippen molar-refractivity contribution in [1.82, 2.24) is 0 Å². The van der Waals surface area contributed by atoms with Gasteiger partial charge in [0.15, 0.2) is 0 Å². The Bertz CT molecular complexity index is 1280. The molecule has 0 aliphatic rings. The molecule has 1 unspecified atom stereocenters. The Morgan fingerprint density at radius 1 is 0.727 bits per heavy atom. The highest BCUT2D eigenvalue weighted by Crippen LogP contribution is 2.31. The normalized spacial score (nSPS) is 12.0. The van der Waals surface area contributed by atoms with Crippen LogP contribution in [0, 0.1) is 10.1 Å². The van der Waals surface area contributed by atoms with Gasteiger partial charge in [0, 0.05) is 22.8 Å². The highest BCUT2D eigenvalue weighted by Gasteiger charge is 2.20. The minimum Gasteiger partial charge on any atom is -0.387 e. The molecule has 4 rings (SSSR count). The van der Waals surface area contributed by atoms with Crippen LogP contribution in [0.4, 0.5) is 17.1 Å². The van der Waals surface area contributed by atoms with E-state index < -0.39 is 20.6 Å². The van der Waals surface area contributed by atoms with Gasteiger partial charge in [-0.15, -0.1) is 0 Å². The van der Waals surface area contributed by atoms with Crippen LogP contribution in [0.5, 0.6) is 0 Å². The van der Waals surface area contributed by atoms with Crippen LogP contribution in [0.3, 0.4) is 0 Å². The number of aliphatic hydroxyl groups is 1. The van der Waals surface area contributed by atoms with Gasteiger partial charge < -0.3 is 5.11 Å². The first-order valence-corrected chi connectivity index (χ1v) is 12.1. The second-order valence-electron chi connectivity index (χ2n) is 7.36. The van der Waals surface area contributed by atoms with E-state index in [1.165, 1.54) is 12.1 Å². The van der Waals surface area contributed by atoms with Gasteiger partial charge in [0.2, 0.25) is 0 Å². The average Bonchev–Trinajstić information content (AvgIpc) is 2.86. The lowest BCUT2D eigenvalue weighted by molar-refractivity contribution is -0.384. The number of rotatable bonds is 7. The van der Waals surface area contributed by atoms with E-state index in [0.717, 1.165) is 16.3 Å². The Morgan fingerprint density at radius 2 is 1.18 bits per heavy atom. The Kier molecular flexibility index (Phi) is 6.92. The van der Waals surface area contributed by atoms with E-state index in [0.29, 0.717) is 5.56 Å². The van der Waals surface area contributed by atoms with Crippen LogP contribution < -0.4 is 0 Å². The molecule has 7 heteroatoms. The van der Waals surface area contributed by atoms with E-state index in [-0.39, 0.29) is 11.4 Å². The molecule has 0 spiro atoms. The minimum atomic E-state index is -2.29.